The van der Waals surface area contributed by atoms with E-state index in [0.29, 0.717) is 25.9 Å². The zero-order valence-electron chi connectivity index (χ0n) is 63.3. The van der Waals surface area contributed by atoms with E-state index in [9.17, 15) is 19.8 Å². The summed E-state index contributed by atoms with van der Waals surface area (Å²) in [7, 11) is 0. The summed E-state index contributed by atoms with van der Waals surface area (Å²) >= 11 is 0. The van der Waals surface area contributed by atoms with Crippen LogP contribution in [-0.4, -0.2) is 47.4 Å². The third-order valence-corrected chi connectivity index (χ3v) is 20.2. The van der Waals surface area contributed by atoms with Crippen LogP contribution in [0.15, 0.2) is 36.5 Å². The minimum atomic E-state index is -0.665. The van der Waals surface area contributed by atoms with Gasteiger partial charge in [-0.1, -0.05) is 423 Å². The van der Waals surface area contributed by atoms with E-state index in [1.807, 2.05) is 0 Å². The smallest absolute Gasteiger partial charge is 0.305 e. The number of esters is 1. The first kappa shape index (κ1) is 91.1. The molecule has 0 saturated carbocycles. The van der Waals surface area contributed by atoms with Crippen LogP contribution in [0.5, 0.6) is 0 Å². The largest absolute Gasteiger partial charge is 0.466 e. The number of unbranched alkanes of at least 4 members (excludes halogenated alkanes) is 64. The highest BCUT2D eigenvalue weighted by Crippen LogP contribution is 2.21. The van der Waals surface area contributed by atoms with Crippen molar-refractivity contribution in [2.45, 2.75) is 495 Å². The van der Waals surface area contributed by atoms with Crippen molar-refractivity contribution >= 4 is 11.9 Å². The van der Waals surface area contributed by atoms with Crippen LogP contribution in [0.3, 0.4) is 0 Å². The molecule has 0 spiro atoms. The van der Waals surface area contributed by atoms with E-state index in [0.717, 1.165) is 51.4 Å². The molecule has 0 radical (unpaired) electrons. The molecule has 0 aromatic carbocycles. The monoisotopic (exact) mass is 1310 g/mol. The van der Waals surface area contributed by atoms with Crippen molar-refractivity contribution in [3.8, 4) is 0 Å². The Bertz CT molecular complexity index is 1510. The highest BCUT2D eigenvalue weighted by molar-refractivity contribution is 5.76. The maximum Gasteiger partial charge on any atom is 0.305 e. The Kier molecular flexibility index (Phi) is 80.8. The zero-order chi connectivity index (χ0) is 67.0. The lowest BCUT2D eigenvalue weighted by Crippen LogP contribution is -2.45. The van der Waals surface area contributed by atoms with Crippen molar-refractivity contribution in [2.24, 2.45) is 0 Å². The molecule has 0 aromatic rings. The Morgan fingerprint density at radius 1 is 0.301 bits per heavy atom. The van der Waals surface area contributed by atoms with Gasteiger partial charge in [0.1, 0.15) is 0 Å². The van der Waals surface area contributed by atoms with Crippen molar-refractivity contribution in [2.75, 3.05) is 13.2 Å². The van der Waals surface area contributed by atoms with Crippen LogP contribution in [0.25, 0.3) is 0 Å². The Morgan fingerprint density at radius 2 is 0.538 bits per heavy atom. The van der Waals surface area contributed by atoms with E-state index in [-0.39, 0.29) is 18.5 Å². The molecular formula is C87H167NO5. The normalized spacial score (nSPS) is 12.6. The van der Waals surface area contributed by atoms with Gasteiger partial charge in [-0.2, -0.15) is 0 Å². The average Bonchev–Trinajstić information content (AvgIpc) is 3.78. The van der Waals surface area contributed by atoms with Crippen LogP contribution in [0, 0.1) is 0 Å². The van der Waals surface area contributed by atoms with Gasteiger partial charge in [0.2, 0.25) is 5.91 Å². The van der Waals surface area contributed by atoms with Gasteiger partial charge in [0.25, 0.3) is 0 Å². The van der Waals surface area contributed by atoms with Gasteiger partial charge in [0.15, 0.2) is 0 Å². The molecule has 550 valence electrons. The summed E-state index contributed by atoms with van der Waals surface area (Å²) in [6.45, 7) is 4.98. The molecular weight excluding hydrogens is 1140 g/mol. The summed E-state index contributed by atoms with van der Waals surface area (Å²) in [5, 5.41) is 23.5. The second-order valence-electron chi connectivity index (χ2n) is 29.5. The van der Waals surface area contributed by atoms with Crippen molar-refractivity contribution in [1.29, 1.82) is 0 Å². The quantitative estimate of drug-likeness (QED) is 0.0320. The first-order chi connectivity index (χ1) is 46.0. The average molecular weight is 1310 g/mol. The van der Waals surface area contributed by atoms with Crippen LogP contribution in [0.2, 0.25) is 0 Å². The highest BCUT2D eigenvalue weighted by Gasteiger charge is 2.20. The molecule has 0 aromatic heterocycles. The van der Waals surface area contributed by atoms with E-state index in [4.69, 9.17) is 4.74 Å². The topological polar surface area (TPSA) is 95.9 Å². The summed E-state index contributed by atoms with van der Waals surface area (Å²) in [4.78, 5) is 24.7. The Balaban J connectivity index is 3.35. The van der Waals surface area contributed by atoms with Crippen molar-refractivity contribution < 1.29 is 24.5 Å². The second kappa shape index (κ2) is 82.5. The summed E-state index contributed by atoms with van der Waals surface area (Å²) in [5.41, 5.74) is 0. The number of hydrogen-bond donors (Lipinski definition) is 3. The molecule has 2 unspecified atom stereocenters. The van der Waals surface area contributed by atoms with Gasteiger partial charge in [-0.15, -0.1) is 0 Å². The number of allylic oxidation sites excluding steroid dienone is 6. The Hall–Kier alpha value is -1.92. The number of amides is 1. The second-order valence-corrected chi connectivity index (χ2v) is 29.5. The molecule has 3 N–H and O–H groups in total. The number of rotatable bonds is 81. The number of nitrogens with one attached hydrogen (secondary N) is 1. The fourth-order valence-electron chi connectivity index (χ4n) is 13.7. The minimum Gasteiger partial charge on any atom is -0.466 e. The minimum absolute atomic E-state index is 0.0155. The lowest BCUT2D eigenvalue weighted by Gasteiger charge is -2.22. The molecule has 93 heavy (non-hydrogen) atoms. The molecule has 0 saturated heterocycles. The number of carbonyl (C=O) groups is 2. The lowest BCUT2D eigenvalue weighted by molar-refractivity contribution is -0.143. The molecule has 0 aliphatic heterocycles. The molecule has 6 heteroatoms. The molecule has 6 nitrogen and oxygen atoms in total. The van der Waals surface area contributed by atoms with Crippen LogP contribution >= 0.6 is 0 Å². The van der Waals surface area contributed by atoms with E-state index in [1.54, 1.807) is 0 Å². The molecule has 0 rings (SSSR count). The Morgan fingerprint density at radius 3 is 0.849 bits per heavy atom. The third-order valence-electron chi connectivity index (χ3n) is 20.2. The fourth-order valence-corrected chi connectivity index (χ4v) is 13.7. The first-order valence-corrected chi connectivity index (χ1v) is 42.7. The molecule has 2 atom stereocenters. The summed E-state index contributed by atoms with van der Waals surface area (Å²) in [6.07, 6.45) is 108. The van der Waals surface area contributed by atoms with Crippen molar-refractivity contribution in [1.82, 2.24) is 5.32 Å². The highest BCUT2D eigenvalue weighted by atomic mass is 16.5. The van der Waals surface area contributed by atoms with Crippen LogP contribution in [0.4, 0.5) is 0 Å². The maximum absolute atomic E-state index is 12.6. The lowest BCUT2D eigenvalue weighted by atomic mass is 10.0. The number of ether oxygens (including phenoxy) is 1. The molecule has 0 bridgehead atoms. The predicted molar refractivity (Wildman–Crippen MR) is 412 cm³/mol. The SMILES string of the molecule is CCCCC/C=C\C/C=C\CCCCCCCCCCCC(=O)OCCCCCCCCCCCCCC/C=C\CCCCCCCCCCCCCCCCCCC(=O)NC(CO)C(O)CCCCCCCCCCCCCCCCCCCCCCCCCCC. The summed E-state index contributed by atoms with van der Waals surface area (Å²) < 4.78 is 5.52. The van der Waals surface area contributed by atoms with Gasteiger partial charge >= 0.3 is 5.97 Å². The summed E-state index contributed by atoms with van der Waals surface area (Å²) in [5.74, 6) is -0.0108. The number of hydrogen-bond acceptors (Lipinski definition) is 5. The van der Waals surface area contributed by atoms with Crippen molar-refractivity contribution in [3.05, 3.63) is 36.5 Å². The molecule has 1 amide bonds. The fraction of sp³-hybridized carbons (Fsp3) is 0.908. The molecule has 0 aliphatic rings. The third kappa shape index (κ3) is 79.0. The maximum atomic E-state index is 12.6. The molecule has 0 fully saturated rings. The van der Waals surface area contributed by atoms with Gasteiger partial charge in [0, 0.05) is 12.8 Å². The number of aliphatic hydroxyl groups excluding tert-OH is 2. The van der Waals surface area contributed by atoms with Gasteiger partial charge in [-0.25, -0.2) is 0 Å². The van der Waals surface area contributed by atoms with E-state index in [2.05, 4.69) is 55.6 Å². The van der Waals surface area contributed by atoms with Gasteiger partial charge < -0.3 is 20.3 Å². The van der Waals surface area contributed by atoms with Gasteiger partial charge in [-0.05, 0) is 83.5 Å². The Labute approximate surface area is 583 Å². The first-order valence-electron chi connectivity index (χ1n) is 42.7. The summed E-state index contributed by atoms with van der Waals surface area (Å²) in [6, 6.07) is -0.541. The zero-order valence-corrected chi connectivity index (χ0v) is 63.3. The predicted octanol–water partition coefficient (Wildman–Crippen LogP) is 28.6. The van der Waals surface area contributed by atoms with Crippen LogP contribution in [0.1, 0.15) is 483 Å². The van der Waals surface area contributed by atoms with Crippen LogP contribution in [-0.2, 0) is 14.3 Å². The standard InChI is InChI=1S/C87H167NO5/c1-3-5-7-9-11-13-15-17-19-21-23-24-25-34-37-40-44-47-51-55-59-63-67-71-75-79-85(90)84(83-89)88-86(91)80-76-72-68-64-60-56-52-48-45-41-38-35-32-30-28-26-27-29-31-33-36-39-42-46-50-54-58-62-66-70-74-78-82-93-87(92)81-77-73-69-65-61-57-53-49-43-22-20-18-16-14-12-10-8-6-4-2/h12,14,18,20,29,31,84-85,89-90H,3-11,13,15-17,19,21-28,30,32-83H2,1-2H3,(H,88,91)/b14-12-,20-18-,31-29-. The molecule has 0 heterocycles. The van der Waals surface area contributed by atoms with Gasteiger partial charge in [-0.3, -0.25) is 9.59 Å². The van der Waals surface area contributed by atoms with Crippen molar-refractivity contribution in [3.63, 3.8) is 0 Å². The number of aliphatic hydroxyl groups is 2. The molecule has 0 aliphatic carbocycles. The van der Waals surface area contributed by atoms with Crippen LogP contribution < -0.4 is 5.32 Å². The van der Waals surface area contributed by atoms with E-state index >= 15 is 0 Å². The van der Waals surface area contributed by atoms with Gasteiger partial charge in [0.05, 0.1) is 25.4 Å². The van der Waals surface area contributed by atoms with E-state index in [1.165, 1.54) is 398 Å². The van der Waals surface area contributed by atoms with E-state index < -0.39 is 12.1 Å². The number of carbonyl (C=O) groups excluding carboxylic acids is 2.